The van der Waals surface area contributed by atoms with Gasteiger partial charge in [0, 0.05) is 5.92 Å². The van der Waals surface area contributed by atoms with Crippen molar-refractivity contribution in [3.05, 3.63) is 48.1 Å². The van der Waals surface area contributed by atoms with Crippen molar-refractivity contribution in [3.63, 3.8) is 0 Å². The van der Waals surface area contributed by atoms with E-state index in [-0.39, 0.29) is 20.4 Å². The van der Waals surface area contributed by atoms with Gasteiger partial charge in [-0.2, -0.15) is 0 Å². The minimum atomic E-state index is -6.00. The summed E-state index contributed by atoms with van der Waals surface area (Å²) in [5.41, 5.74) is 1.61. The van der Waals surface area contributed by atoms with Gasteiger partial charge in [-0.3, -0.25) is 0 Å². The predicted molar refractivity (Wildman–Crippen MR) is 77.8 cm³/mol. The van der Waals surface area contributed by atoms with Gasteiger partial charge in [0.25, 0.3) is 0 Å². The minimum absolute atomic E-state index is 0. The Morgan fingerprint density at radius 3 is 1.58 bits per heavy atom. The quantitative estimate of drug-likeness (QED) is 0.246. The van der Waals surface area contributed by atoms with Crippen LogP contribution in [-0.2, 0) is 20.4 Å². The van der Waals surface area contributed by atoms with E-state index in [1.807, 2.05) is 0 Å². The molecule has 0 N–H and O–H groups in total. The van der Waals surface area contributed by atoms with Gasteiger partial charge < -0.3 is 34.5 Å². The van der Waals surface area contributed by atoms with E-state index in [1.165, 1.54) is 25.7 Å². The summed E-state index contributed by atoms with van der Waals surface area (Å²) in [6.45, 7) is 0. The average molecular weight is 452 g/mol. The first-order valence-corrected chi connectivity index (χ1v) is 6.90. The van der Waals surface area contributed by atoms with Gasteiger partial charge in [0.05, 0.1) is 0 Å². The summed E-state index contributed by atoms with van der Waals surface area (Å²) >= 11 is 0. The maximum atomic E-state index is 9.75. The van der Waals surface area contributed by atoms with Crippen LogP contribution in [0.15, 0.2) is 48.1 Å². The second-order valence-corrected chi connectivity index (χ2v) is 4.65. The molecule has 140 valence electrons. The first kappa shape index (κ1) is 25.4. The van der Waals surface area contributed by atoms with Crippen molar-refractivity contribution in [1.82, 2.24) is 0 Å². The Labute approximate surface area is 149 Å². The summed E-state index contributed by atoms with van der Waals surface area (Å²) in [4.78, 5) is 0. The molecule has 0 spiro atoms. The summed E-state index contributed by atoms with van der Waals surface area (Å²) < 4.78 is 78.0. The second-order valence-electron chi connectivity index (χ2n) is 4.65. The zero-order valence-electron chi connectivity index (χ0n) is 12.4. The van der Waals surface area contributed by atoms with Crippen molar-refractivity contribution in [2.75, 3.05) is 0 Å². The number of hydrogen-bond donors (Lipinski definition) is 0. The average Bonchev–Trinajstić information content (AvgIpc) is 2.76. The molecule has 0 radical (unpaired) electrons. The molecule has 0 fully saturated rings. The van der Waals surface area contributed by atoms with E-state index in [0.717, 1.165) is 0 Å². The summed E-state index contributed by atoms with van der Waals surface area (Å²) in [5, 5.41) is 0. The van der Waals surface area contributed by atoms with Crippen molar-refractivity contribution in [1.29, 1.82) is 0 Å². The van der Waals surface area contributed by atoms with E-state index in [4.69, 9.17) is 0 Å². The van der Waals surface area contributed by atoms with E-state index in [9.17, 15) is 34.5 Å². The molecule has 0 atom stereocenters. The summed E-state index contributed by atoms with van der Waals surface area (Å²) in [5.74, 6) is 0.603. The predicted octanol–water partition coefficient (Wildman–Crippen LogP) is 6.38. The summed E-state index contributed by atoms with van der Waals surface area (Å²) in [7, 11) is -12.0. The van der Waals surface area contributed by atoms with Crippen molar-refractivity contribution >= 4 is 14.5 Å². The number of hydrogen-bond acceptors (Lipinski definition) is 0. The summed E-state index contributed by atoms with van der Waals surface area (Å²) in [6, 6.07) is 0. The topological polar surface area (TPSA) is 0 Å². The molecule has 0 aromatic carbocycles. The molecule has 0 aromatic heterocycles. The van der Waals surface area contributed by atoms with Crippen molar-refractivity contribution in [2.45, 2.75) is 25.7 Å². The Balaban J connectivity index is 0. The molecule has 0 nitrogen and oxygen atoms in total. The van der Waals surface area contributed by atoms with Gasteiger partial charge in [-0.05, 0) is 25.7 Å². The van der Waals surface area contributed by atoms with Gasteiger partial charge in [0.2, 0.25) is 0 Å². The van der Waals surface area contributed by atoms with Crippen LogP contribution >= 0.6 is 0 Å². The Morgan fingerprint density at radius 1 is 0.708 bits per heavy atom. The first-order valence-electron chi connectivity index (χ1n) is 6.90. The molecule has 0 aliphatic heterocycles. The Hall–Kier alpha value is -0.808. The number of rotatable bonds is 1. The van der Waals surface area contributed by atoms with Gasteiger partial charge >= 0.3 is 34.9 Å². The molecule has 0 bridgehead atoms. The van der Waals surface area contributed by atoms with Crippen LogP contribution < -0.4 is 0 Å². The Kier molecular flexibility index (Phi) is 13.3. The van der Waals surface area contributed by atoms with Gasteiger partial charge in [-0.15, -0.1) is 0 Å². The van der Waals surface area contributed by atoms with Gasteiger partial charge in [0.1, 0.15) is 0 Å². The monoisotopic (exact) mass is 452 g/mol. The SMILES string of the molecule is C1=CC(C2=CCCC=CCC2)C=C1.F[B-](F)(F)F.F[B-](F)(F)F.[Pd+2]. The first-order chi connectivity index (χ1) is 10.5. The smallest absolute Gasteiger partial charge is 0.418 e. The summed E-state index contributed by atoms with van der Waals surface area (Å²) in [6.07, 6.45) is 20.8. The molecular formula is C13H16B2F8Pd. The van der Waals surface area contributed by atoms with Gasteiger partial charge in [-0.1, -0.05) is 48.1 Å². The fourth-order valence-electron chi connectivity index (χ4n) is 1.93. The molecule has 11 heteroatoms. The molecule has 0 saturated heterocycles. The van der Waals surface area contributed by atoms with Crippen molar-refractivity contribution < 1.29 is 54.9 Å². The molecule has 2 rings (SSSR count). The van der Waals surface area contributed by atoms with Crippen LogP contribution in [0.4, 0.5) is 34.5 Å². The number of allylic oxidation sites excluding steroid dienone is 8. The molecule has 0 heterocycles. The van der Waals surface area contributed by atoms with E-state index in [0.29, 0.717) is 5.92 Å². The van der Waals surface area contributed by atoms with Crippen LogP contribution in [0.2, 0.25) is 0 Å². The normalized spacial score (nSPS) is 17.4. The fraction of sp³-hybridized carbons (Fsp3) is 0.385. The van der Waals surface area contributed by atoms with Crippen LogP contribution in [-0.4, -0.2) is 14.5 Å². The standard InChI is InChI=1S/C13H16.2BF4.Pd/c1-2-4-8-12(9-5-3-1)13-10-6-7-11-13;2*2-1(3,4)5;/h1-2,6-7,9-11,13H,3-5,8H2;;;/q;2*-1;+2. The molecule has 24 heavy (non-hydrogen) atoms. The minimum Gasteiger partial charge on any atom is -0.418 e. The van der Waals surface area contributed by atoms with E-state index >= 15 is 0 Å². The van der Waals surface area contributed by atoms with Crippen molar-refractivity contribution in [2.24, 2.45) is 5.92 Å². The number of halogens is 8. The fourth-order valence-corrected chi connectivity index (χ4v) is 1.93. The Morgan fingerprint density at radius 2 is 1.12 bits per heavy atom. The third kappa shape index (κ3) is 21.2. The van der Waals surface area contributed by atoms with E-state index < -0.39 is 14.5 Å². The van der Waals surface area contributed by atoms with Gasteiger partial charge in [-0.25, -0.2) is 0 Å². The zero-order valence-corrected chi connectivity index (χ0v) is 14.0. The second kappa shape index (κ2) is 12.5. The van der Waals surface area contributed by atoms with Crippen LogP contribution in [0.3, 0.4) is 0 Å². The molecular weight excluding hydrogens is 436 g/mol. The van der Waals surface area contributed by atoms with E-state index in [2.05, 4.69) is 42.5 Å². The molecule has 0 unspecified atom stereocenters. The third-order valence-electron chi connectivity index (χ3n) is 2.68. The van der Waals surface area contributed by atoms with Crippen molar-refractivity contribution in [3.8, 4) is 0 Å². The largest absolute Gasteiger partial charge is 2.00 e. The van der Waals surface area contributed by atoms with Crippen LogP contribution in [0.5, 0.6) is 0 Å². The molecule has 2 aliphatic rings. The zero-order chi connectivity index (χ0) is 17.9. The van der Waals surface area contributed by atoms with Crippen LogP contribution in [0, 0.1) is 5.92 Å². The van der Waals surface area contributed by atoms with Crippen LogP contribution in [0.25, 0.3) is 0 Å². The molecule has 0 aromatic rings. The molecule has 0 amide bonds. The van der Waals surface area contributed by atoms with Crippen LogP contribution in [0.1, 0.15) is 25.7 Å². The maximum Gasteiger partial charge on any atom is 2.00 e. The third-order valence-corrected chi connectivity index (χ3v) is 2.68. The van der Waals surface area contributed by atoms with Gasteiger partial charge in [0.15, 0.2) is 0 Å². The van der Waals surface area contributed by atoms with E-state index in [1.54, 1.807) is 5.57 Å². The molecule has 0 saturated carbocycles. The maximum absolute atomic E-state index is 9.75. The Bertz CT molecular complexity index is 416. The molecule has 2 aliphatic carbocycles.